The minimum atomic E-state index is 0.0453. The monoisotopic (exact) mass is 374 g/mol. The van der Waals surface area contributed by atoms with Gasteiger partial charge in [0.2, 0.25) is 0 Å². The normalized spacial score (nSPS) is 10.5. The van der Waals surface area contributed by atoms with Crippen molar-refractivity contribution in [2.45, 2.75) is 32.1 Å². The van der Waals surface area contributed by atoms with E-state index in [2.05, 4.69) is 15.9 Å². The van der Waals surface area contributed by atoms with Crippen LogP contribution in [0.4, 0.5) is 0 Å². The molecule has 0 aliphatic carbocycles. The number of carbonyl (C=O) groups excluding carboxylic acids is 1. The van der Waals surface area contributed by atoms with Gasteiger partial charge in [0.1, 0.15) is 5.75 Å². The van der Waals surface area contributed by atoms with Crippen molar-refractivity contribution in [3.8, 4) is 5.75 Å². The van der Waals surface area contributed by atoms with Gasteiger partial charge in [-0.2, -0.15) is 0 Å². The van der Waals surface area contributed by atoms with Gasteiger partial charge in [-0.15, -0.1) is 0 Å². The minimum Gasteiger partial charge on any atom is -0.494 e. The third-order valence-electron chi connectivity index (χ3n) is 3.70. The second-order valence-electron chi connectivity index (χ2n) is 5.52. The summed E-state index contributed by atoms with van der Waals surface area (Å²) in [5.41, 5.74) is 1.41. The van der Waals surface area contributed by atoms with E-state index < -0.39 is 0 Å². The zero-order chi connectivity index (χ0) is 16.3. The van der Waals surface area contributed by atoms with Gasteiger partial charge < -0.3 is 4.74 Å². The lowest BCUT2D eigenvalue weighted by molar-refractivity contribution is 0.103. The SMILES string of the molecule is O=C(c1ccccc1)c1ccc(OCCCCCCCBr)cc1. The number of benzene rings is 2. The van der Waals surface area contributed by atoms with E-state index in [9.17, 15) is 4.79 Å². The van der Waals surface area contributed by atoms with Crippen molar-refractivity contribution < 1.29 is 9.53 Å². The molecule has 3 heteroatoms. The Bertz CT molecular complexity index is 578. The Balaban J connectivity index is 1.75. The molecule has 2 nitrogen and oxygen atoms in total. The molecule has 0 radical (unpaired) electrons. The Morgan fingerprint density at radius 3 is 2.09 bits per heavy atom. The molecule has 122 valence electrons. The summed E-state index contributed by atoms with van der Waals surface area (Å²) < 4.78 is 5.73. The van der Waals surface area contributed by atoms with Gasteiger partial charge in [-0.1, -0.05) is 65.5 Å². The van der Waals surface area contributed by atoms with Crippen LogP contribution in [0, 0.1) is 0 Å². The topological polar surface area (TPSA) is 26.3 Å². The molecule has 0 amide bonds. The molecule has 0 bridgehead atoms. The van der Waals surface area contributed by atoms with Crippen LogP contribution in [0.3, 0.4) is 0 Å². The smallest absolute Gasteiger partial charge is 0.193 e. The maximum Gasteiger partial charge on any atom is 0.193 e. The Kier molecular flexibility index (Phi) is 7.88. The molecule has 0 saturated carbocycles. The number of carbonyl (C=O) groups is 1. The number of rotatable bonds is 10. The number of ketones is 1. The van der Waals surface area contributed by atoms with Crippen LogP contribution in [0.5, 0.6) is 5.75 Å². The van der Waals surface area contributed by atoms with E-state index in [4.69, 9.17) is 4.74 Å². The molecule has 0 spiro atoms. The summed E-state index contributed by atoms with van der Waals surface area (Å²) >= 11 is 3.44. The molecule has 0 aromatic heterocycles. The highest BCUT2D eigenvalue weighted by atomic mass is 79.9. The lowest BCUT2D eigenvalue weighted by atomic mass is 10.0. The molecule has 2 aromatic rings. The van der Waals surface area contributed by atoms with Gasteiger partial charge in [0, 0.05) is 16.5 Å². The molecule has 23 heavy (non-hydrogen) atoms. The molecule has 0 saturated heterocycles. The van der Waals surface area contributed by atoms with Crippen LogP contribution in [0.1, 0.15) is 48.0 Å². The van der Waals surface area contributed by atoms with Gasteiger partial charge in [0.15, 0.2) is 5.78 Å². The van der Waals surface area contributed by atoms with Crippen LogP contribution in [-0.2, 0) is 0 Å². The first-order chi connectivity index (χ1) is 11.3. The first kappa shape index (κ1) is 17.7. The van der Waals surface area contributed by atoms with Crippen molar-refractivity contribution in [1.29, 1.82) is 0 Å². The summed E-state index contributed by atoms with van der Waals surface area (Å²) in [6, 6.07) is 16.8. The van der Waals surface area contributed by atoms with Crippen LogP contribution in [-0.4, -0.2) is 17.7 Å². The van der Waals surface area contributed by atoms with Crippen LogP contribution >= 0.6 is 15.9 Å². The number of hydrogen-bond acceptors (Lipinski definition) is 2. The molecule has 2 aromatic carbocycles. The van der Waals surface area contributed by atoms with Gasteiger partial charge in [-0.3, -0.25) is 4.79 Å². The summed E-state index contributed by atoms with van der Waals surface area (Å²) in [6.45, 7) is 0.736. The maximum absolute atomic E-state index is 12.3. The number of alkyl halides is 1. The van der Waals surface area contributed by atoms with E-state index in [1.54, 1.807) is 0 Å². The largest absolute Gasteiger partial charge is 0.494 e. The molecular formula is C20H23BrO2. The fourth-order valence-corrected chi connectivity index (χ4v) is 2.77. The van der Waals surface area contributed by atoms with Crippen LogP contribution < -0.4 is 4.74 Å². The lowest BCUT2D eigenvalue weighted by Crippen LogP contribution is -2.01. The summed E-state index contributed by atoms with van der Waals surface area (Å²) in [6.07, 6.45) is 6.07. The van der Waals surface area contributed by atoms with E-state index in [0.29, 0.717) is 11.1 Å². The predicted molar refractivity (Wildman–Crippen MR) is 98.7 cm³/mol. The van der Waals surface area contributed by atoms with Crippen molar-refractivity contribution in [2.75, 3.05) is 11.9 Å². The van der Waals surface area contributed by atoms with E-state index in [1.807, 2.05) is 54.6 Å². The Labute approximate surface area is 147 Å². The maximum atomic E-state index is 12.3. The van der Waals surface area contributed by atoms with E-state index in [-0.39, 0.29) is 5.78 Å². The highest BCUT2D eigenvalue weighted by Gasteiger charge is 2.08. The third-order valence-corrected chi connectivity index (χ3v) is 4.26. The summed E-state index contributed by atoms with van der Waals surface area (Å²) in [7, 11) is 0. The molecule has 0 aliphatic rings. The van der Waals surface area contributed by atoms with Crippen molar-refractivity contribution in [3.05, 3.63) is 65.7 Å². The Morgan fingerprint density at radius 1 is 0.783 bits per heavy atom. The first-order valence-electron chi connectivity index (χ1n) is 8.20. The number of ether oxygens (including phenoxy) is 1. The molecule has 0 unspecified atom stereocenters. The van der Waals surface area contributed by atoms with Crippen LogP contribution in [0.25, 0.3) is 0 Å². The molecule has 0 aliphatic heterocycles. The summed E-state index contributed by atoms with van der Waals surface area (Å²) in [4.78, 5) is 12.3. The Morgan fingerprint density at radius 2 is 1.39 bits per heavy atom. The van der Waals surface area contributed by atoms with Crippen molar-refractivity contribution in [1.82, 2.24) is 0 Å². The zero-order valence-electron chi connectivity index (χ0n) is 13.3. The number of halogens is 1. The fraction of sp³-hybridized carbons (Fsp3) is 0.350. The minimum absolute atomic E-state index is 0.0453. The first-order valence-corrected chi connectivity index (χ1v) is 9.32. The quantitative estimate of drug-likeness (QED) is 0.305. The predicted octanol–water partition coefficient (Wildman–Crippen LogP) is 5.64. The van der Waals surface area contributed by atoms with Gasteiger partial charge in [-0.25, -0.2) is 0 Å². The molecule has 0 heterocycles. The van der Waals surface area contributed by atoms with Crippen LogP contribution in [0.15, 0.2) is 54.6 Å². The number of hydrogen-bond donors (Lipinski definition) is 0. The van der Waals surface area contributed by atoms with Gasteiger partial charge in [0.05, 0.1) is 6.61 Å². The van der Waals surface area contributed by atoms with E-state index in [0.717, 1.165) is 24.1 Å². The average molecular weight is 375 g/mol. The third kappa shape index (κ3) is 6.19. The fourth-order valence-electron chi connectivity index (χ4n) is 2.38. The van der Waals surface area contributed by atoms with Crippen molar-refractivity contribution in [3.63, 3.8) is 0 Å². The standard InChI is InChI=1S/C20H23BrO2/c21-15-7-2-1-3-8-16-23-19-13-11-18(12-14-19)20(22)17-9-5-4-6-10-17/h4-6,9-14H,1-3,7-8,15-16H2. The Hall–Kier alpha value is -1.61. The zero-order valence-corrected chi connectivity index (χ0v) is 14.9. The van der Waals surface area contributed by atoms with E-state index in [1.165, 1.54) is 25.7 Å². The molecular weight excluding hydrogens is 352 g/mol. The lowest BCUT2D eigenvalue weighted by Gasteiger charge is -2.07. The molecule has 0 fully saturated rings. The second kappa shape index (κ2) is 10.2. The second-order valence-corrected chi connectivity index (χ2v) is 6.32. The molecule has 2 rings (SSSR count). The molecule has 0 atom stereocenters. The highest BCUT2D eigenvalue weighted by molar-refractivity contribution is 9.09. The molecule has 0 N–H and O–H groups in total. The highest BCUT2D eigenvalue weighted by Crippen LogP contribution is 2.16. The van der Waals surface area contributed by atoms with Gasteiger partial charge in [0.25, 0.3) is 0 Å². The van der Waals surface area contributed by atoms with Crippen molar-refractivity contribution >= 4 is 21.7 Å². The van der Waals surface area contributed by atoms with Crippen LogP contribution in [0.2, 0.25) is 0 Å². The number of unbranched alkanes of at least 4 members (excludes halogenated alkanes) is 4. The summed E-state index contributed by atoms with van der Waals surface area (Å²) in [5.74, 6) is 0.874. The summed E-state index contributed by atoms with van der Waals surface area (Å²) in [5, 5.41) is 1.09. The average Bonchev–Trinajstić information content (AvgIpc) is 2.61. The van der Waals surface area contributed by atoms with Crippen molar-refractivity contribution in [2.24, 2.45) is 0 Å². The van der Waals surface area contributed by atoms with E-state index >= 15 is 0 Å². The van der Waals surface area contributed by atoms with Gasteiger partial charge in [-0.05, 0) is 37.1 Å². The van der Waals surface area contributed by atoms with Gasteiger partial charge >= 0.3 is 0 Å².